The molecule has 0 bridgehead atoms. The Bertz CT molecular complexity index is 736. The van der Waals surface area contributed by atoms with Gasteiger partial charge in [-0.15, -0.1) is 5.10 Å². The number of nitrogens with zero attached hydrogens (tertiary/aromatic N) is 3. The number of benzene rings is 1. The summed E-state index contributed by atoms with van der Waals surface area (Å²) in [4.78, 5) is 26.8. The van der Waals surface area contributed by atoms with E-state index in [9.17, 15) is 9.59 Å². The fourth-order valence-electron chi connectivity index (χ4n) is 2.43. The number of hydrogen-bond acceptors (Lipinski definition) is 5. The van der Waals surface area contributed by atoms with Gasteiger partial charge < -0.3 is 5.32 Å². The molecule has 0 aliphatic heterocycles. The Balaban J connectivity index is 2.32. The molecule has 0 aliphatic carbocycles. The number of anilines is 1. The topological polar surface area (TPSA) is 75.2 Å². The molecule has 2 aromatic rings. The summed E-state index contributed by atoms with van der Waals surface area (Å²) in [6.07, 6.45) is 0.798. The average molecular weight is 360 g/mol. The minimum absolute atomic E-state index is 0.0668. The predicted molar refractivity (Wildman–Crippen MR) is 100 cm³/mol. The number of amides is 2. The molecule has 0 unspecified atom stereocenters. The molecular formula is C18H24N4O2S. The largest absolute Gasteiger partial charge is 0.350 e. The van der Waals surface area contributed by atoms with Crippen LogP contribution in [0.15, 0.2) is 23.6 Å². The van der Waals surface area contributed by atoms with Crippen LogP contribution in [0.4, 0.5) is 5.69 Å². The highest BCUT2D eigenvalue weighted by atomic mass is 32.1. The maximum atomic E-state index is 12.8. The Hall–Kier alpha value is -2.28. The van der Waals surface area contributed by atoms with E-state index in [1.165, 1.54) is 4.90 Å². The average Bonchev–Trinajstić information content (AvgIpc) is 3.05. The van der Waals surface area contributed by atoms with E-state index in [1.54, 1.807) is 5.38 Å². The van der Waals surface area contributed by atoms with Crippen LogP contribution in [0.2, 0.25) is 0 Å². The Morgan fingerprint density at radius 1 is 1.20 bits per heavy atom. The molecule has 1 N–H and O–H groups in total. The quantitative estimate of drug-likeness (QED) is 0.859. The fraction of sp³-hybridized carbons (Fsp3) is 0.444. The summed E-state index contributed by atoms with van der Waals surface area (Å²) in [7, 11) is 0. The van der Waals surface area contributed by atoms with Gasteiger partial charge in [-0.05, 0) is 68.9 Å². The van der Waals surface area contributed by atoms with Gasteiger partial charge in [0.05, 0.1) is 0 Å². The second-order valence-corrected chi connectivity index (χ2v) is 7.42. The highest BCUT2D eigenvalue weighted by molar-refractivity contribution is 7.03. The molecule has 1 heterocycles. The number of carbonyl (C=O) groups is 2. The van der Waals surface area contributed by atoms with Gasteiger partial charge in [-0.25, -0.2) is 0 Å². The molecule has 134 valence electrons. The molecule has 25 heavy (non-hydrogen) atoms. The fourth-order valence-corrected chi connectivity index (χ4v) is 2.86. The van der Waals surface area contributed by atoms with E-state index in [0.717, 1.165) is 29.1 Å². The third-order valence-corrected chi connectivity index (χ3v) is 4.51. The second kappa shape index (κ2) is 7.74. The van der Waals surface area contributed by atoms with Crippen molar-refractivity contribution in [2.75, 3.05) is 11.4 Å². The van der Waals surface area contributed by atoms with Crippen molar-refractivity contribution >= 4 is 29.0 Å². The first-order valence-electron chi connectivity index (χ1n) is 8.20. The van der Waals surface area contributed by atoms with Gasteiger partial charge in [0.25, 0.3) is 5.91 Å². The van der Waals surface area contributed by atoms with Crippen molar-refractivity contribution in [2.45, 2.75) is 46.6 Å². The van der Waals surface area contributed by atoms with Crippen LogP contribution < -0.4 is 10.2 Å². The minimum atomic E-state index is -0.330. The summed E-state index contributed by atoms with van der Waals surface area (Å²) >= 11 is 1.11. The summed E-state index contributed by atoms with van der Waals surface area (Å²) in [5.41, 5.74) is 2.65. The number of carbonyl (C=O) groups excluding carboxylic acids is 2. The number of nitrogens with one attached hydrogen (secondary N) is 1. The van der Waals surface area contributed by atoms with Crippen molar-refractivity contribution in [1.29, 1.82) is 0 Å². The maximum Gasteiger partial charge on any atom is 0.280 e. The zero-order valence-corrected chi connectivity index (χ0v) is 16.1. The molecule has 7 heteroatoms. The van der Waals surface area contributed by atoms with E-state index >= 15 is 0 Å². The van der Waals surface area contributed by atoms with E-state index in [-0.39, 0.29) is 29.6 Å². The Morgan fingerprint density at radius 3 is 2.36 bits per heavy atom. The number of rotatable bonds is 6. The molecule has 0 aliphatic rings. The van der Waals surface area contributed by atoms with Crippen molar-refractivity contribution in [3.8, 4) is 0 Å². The molecule has 0 radical (unpaired) electrons. The van der Waals surface area contributed by atoms with Crippen LogP contribution in [0.3, 0.4) is 0 Å². The monoisotopic (exact) mass is 360 g/mol. The molecule has 6 nitrogen and oxygen atoms in total. The first kappa shape index (κ1) is 19.1. The van der Waals surface area contributed by atoms with Gasteiger partial charge >= 0.3 is 0 Å². The number of aromatic nitrogens is 2. The SMILES string of the molecule is CCC(C)(C)NC(=O)CN(C(=O)c1csnn1)c1cc(C)cc(C)c1. The van der Waals surface area contributed by atoms with Crippen molar-refractivity contribution in [2.24, 2.45) is 0 Å². The summed E-state index contributed by atoms with van der Waals surface area (Å²) in [6, 6.07) is 5.81. The lowest BCUT2D eigenvalue weighted by atomic mass is 10.0. The van der Waals surface area contributed by atoms with Crippen molar-refractivity contribution in [1.82, 2.24) is 14.9 Å². The van der Waals surface area contributed by atoms with Crippen molar-refractivity contribution in [3.05, 3.63) is 40.4 Å². The molecule has 0 fully saturated rings. The highest BCUT2D eigenvalue weighted by Gasteiger charge is 2.25. The van der Waals surface area contributed by atoms with Crippen LogP contribution in [0.5, 0.6) is 0 Å². The molecule has 0 saturated heterocycles. The summed E-state index contributed by atoms with van der Waals surface area (Å²) in [5, 5.41) is 8.41. The molecule has 1 aromatic heterocycles. The summed E-state index contributed by atoms with van der Waals surface area (Å²) < 4.78 is 3.75. The molecule has 1 aromatic carbocycles. The maximum absolute atomic E-state index is 12.8. The Labute approximate surface area is 152 Å². The lowest BCUT2D eigenvalue weighted by Crippen LogP contribution is -2.48. The van der Waals surface area contributed by atoms with Crippen molar-refractivity contribution < 1.29 is 9.59 Å². The standard InChI is InChI=1S/C18H24N4O2S/c1-6-18(4,5)19-16(23)10-22(17(24)15-11-25-21-20-15)14-8-12(2)7-13(3)9-14/h7-9,11H,6,10H2,1-5H3,(H,19,23). The van der Waals surface area contributed by atoms with Crippen LogP contribution in [-0.2, 0) is 4.79 Å². The van der Waals surface area contributed by atoms with Gasteiger partial charge in [0, 0.05) is 16.6 Å². The Morgan fingerprint density at radius 2 is 1.84 bits per heavy atom. The second-order valence-electron chi connectivity index (χ2n) is 6.81. The van der Waals surface area contributed by atoms with Gasteiger partial charge in [0.1, 0.15) is 6.54 Å². The van der Waals surface area contributed by atoms with Crippen LogP contribution in [0.1, 0.15) is 48.8 Å². The lowest BCUT2D eigenvalue weighted by Gasteiger charge is -2.28. The van der Waals surface area contributed by atoms with Crippen LogP contribution in [-0.4, -0.2) is 33.5 Å². The molecule has 2 amide bonds. The highest BCUT2D eigenvalue weighted by Crippen LogP contribution is 2.21. The number of aryl methyl sites for hydroxylation is 2. The first-order chi connectivity index (χ1) is 11.7. The lowest BCUT2D eigenvalue weighted by molar-refractivity contribution is -0.121. The van der Waals surface area contributed by atoms with Gasteiger partial charge in [-0.3, -0.25) is 14.5 Å². The first-order valence-corrected chi connectivity index (χ1v) is 9.04. The van der Waals surface area contributed by atoms with E-state index in [1.807, 2.05) is 52.8 Å². The van der Waals surface area contributed by atoms with E-state index < -0.39 is 0 Å². The smallest absolute Gasteiger partial charge is 0.280 e. The number of hydrogen-bond donors (Lipinski definition) is 1. The van der Waals surface area contributed by atoms with Crippen LogP contribution >= 0.6 is 11.5 Å². The van der Waals surface area contributed by atoms with Gasteiger partial charge in [0.15, 0.2) is 5.69 Å². The molecule has 0 atom stereocenters. The van der Waals surface area contributed by atoms with Gasteiger partial charge in [-0.2, -0.15) is 0 Å². The normalized spacial score (nSPS) is 11.2. The van der Waals surface area contributed by atoms with Crippen LogP contribution in [0.25, 0.3) is 0 Å². The van der Waals surface area contributed by atoms with E-state index in [0.29, 0.717) is 5.69 Å². The molecule has 0 spiro atoms. The third-order valence-electron chi connectivity index (χ3n) is 4.01. The summed E-state index contributed by atoms with van der Waals surface area (Å²) in [5.74, 6) is -0.536. The van der Waals surface area contributed by atoms with Crippen molar-refractivity contribution in [3.63, 3.8) is 0 Å². The van der Waals surface area contributed by atoms with Gasteiger partial charge in [-0.1, -0.05) is 17.5 Å². The molecular weight excluding hydrogens is 336 g/mol. The van der Waals surface area contributed by atoms with Crippen LogP contribution in [0, 0.1) is 13.8 Å². The molecule has 2 rings (SSSR count). The van der Waals surface area contributed by atoms with Gasteiger partial charge in [0.2, 0.25) is 5.91 Å². The zero-order valence-electron chi connectivity index (χ0n) is 15.3. The third kappa shape index (κ3) is 5.09. The van der Waals surface area contributed by atoms with E-state index in [4.69, 9.17) is 0 Å². The zero-order chi connectivity index (χ0) is 18.6. The molecule has 0 saturated carbocycles. The Kier molecular flexibility index (Phi) is 5.89. The summed E-state index contributed by atoms with van der Waals surface area (Å²) in [6.45, 7) is 9.78. The predicted octanol–water partition coefficient (Wildman–Crippen LogP) is 3.11. The van der Waals surface area contributed by atoms with E-state index in [2.05, 4.69) is 14.9 Å². The minimum Gasteiger partial charge on any atom is -0.350 e.